The van der Waals surface area contributed by atoms with Crippen LogP contribution in [0.4, 0.5) is 0 Å². The predicted molar refractivity (Wildman–Crippen MR) is 70.0 cm³/mol. The lowest BCUT2D eigenvalue weighted by Gasteiger charge is -2.16. The Bertz CT molecular complexity index is 509. The minimum Gasteiger partial charge on any atom is -0.493 e. The molecule has 2 aromatic heterocycles. The molecule has 0 aromatic carbocycles. The molecule has 1 atom stereocenters. The smallest absolute Gasteiger partial charge is 0.161 e. The Hall–Kier alpha value is -1.04. The van der Waals surface area contributed by atoms with E-state index in [2.05, 4.69) is 10.4 Å². The van der Waals surface area contributed by atoms with Gasteiger partial charge in [-0.05, 0) is 19.2 Å². The van der Waals surface area contributed by atoms with Crippen LogP contribution in [0.3, 0.4) is 0 Å². The van der Waals surface area contributed by atoms with Crippen LogP contribution < -0.4 is 10.1 Å². The quantitative estimate of drug-likeness (QED) is 0.928. The van der Waals surface area contributed by atoms with Gasteiger partial charge in [0.2, 0.25) is 0 Å². The molecule has 92 valence electrons. The molecular weight excluding hydrogens is 258 g/mol. The molecular formula is C11H14ClN3OS. The second-order valence-electron chi connectivity index (χ2n) is 3.59. The van der Waals surface area contributed by atoms with Crippen LogP contribution in [0.25, 0.3) is 0 Å². The molecule has 0 bridgehead atoms. The minimum atomic E-state index is 0.0370. The lowest BCUT2D eigenvalue weighted by molar-refractivity contribution is 0.403. The van der Waals surface area contributed by atoms with Crippen molar-refractivity contribution in [3.05, 3.63) is 33.2 Å². The summed E-state index contributed by atoms with van der Waals surface area (Å²) in [7, 11) is 5.46. The highest BCUT2D eigenvalue weighted by atomic mass is 35.5. The van der Waals surface area contributed by atoms with Crippen molar-refractivity contribution in [3.63, 3.8) is 0 Å². The molecule has 1 unspecified atom stereocenters. The number of methoxy groups -OCH3 is 1. The minimum absolute atomic E-state index is 0.0370. The molecule has 17 heavy (non-hydrogen) atoms. The third kappa shape index (κ3) is 2.31. The number of hydrogen-bond acceptors (Lipinski definition) is 4. The summed E-state index contributed by atoms with van der Waals surface area (Å²) in [5.74, 6) is 0.774. The van der Waals surface area contributed by atoms with Crippen molar-refractivity contribution in [1.82, 2.24) is 15.1 Å². The average Bonchev–Trinajstić information content (AvgIpc) is 2.89. The largest absolute Gasteiger partial charge is 0.493 e. The summed E-state index contributed by atoms with van der Waals surface area (Å²) < 4.78 is 7.92. The van der Waals surface area contributed by atoms with Crippen molar-refractivity contribution in [3.8, 4) is 5.75 Å². The Kier molecular flexibility index (Phi) is 3.71. The molecule has 6 heteroatoms. The lowest BCUT2D eigenvalue weighted by atomic mass is 10.1. The van der Waals surface area contributed by atoms with Crippen LogP contribution in [0.1, 0.15) is 16.6 Å². The van der Waals surface area contributed by atoms with Crippen LogP contribution in [0.2, 0.25) is 4.34 Å². The van der Waals surface area contributed by atoms with Gasteiger partial charge in [0.15, 0.2) is 5.75 Å². The molecule has 0 aliphatic carbocycles. The summed E-state index contributed by atoms with van der Waals surface area (Å²) >= 11 is 7.53. The zero-order valence-electron chi connectivity index (χ0n) is 9.90. The lowest BCUT2D eigenvalue weighted by Crippen LogP contribution is -2.20. The Balaban J connectivity index is 2.44. The Morgan fingerprint density at radius 3 is 2.82 bits per heavy atom. The standard InChI is InChI=1S/C11H14ClN3OS/c1-13-10(8-4-5-9(12)17-8)11-7(16-3)6-14-15(11)2/h4-6,10,13H,1-3H3. The van der Waals surface area contributed by atoms with E-state index >= 15 is 0 Å². The molecule has 4 nitrogen and oxygen atoms in total. The molecule has 0 aliphatic rings. The van der Waals surface area contributed by atoms with E-state index < -0.39 is 0 Å². The van der Waals surface area contributed by atoms with E-state index in [-0.39, 0.29) is 6.04 Å². The van der Waals surface area contributed by atoms with E-state index in [1.807, 2.05) is 30.9 Å². The number of aromatic nitrogens is 2. The van der Waals surface area contributed by atoms with Gasteiger partial charge in [0.25, 0.3) is 0 Å². The third-order valence-electron chi connectivity index (χ3n) is 2.61. The zero-order valence-corrected chi connectivity index (χ0v) is 11.5. The van der Waals surface area contributed by atoms with Crippen LogP contribution in [-0.4, -0.2) is 23.9 Å². The van der Waals surface area contributed by atoms with Gasteiger partial charge in [0, 0.05) is 11.9 Å². The first-order valence-electron chi connectivity index (χ1n) is 5.15. The van der Waals surface area contributed by atoms with Crippen LogP contribution >= 0.6 is 22.9 Å². The third-order valence-corrected chi connectivity index (χ3v) is 3.91. The normalized spacial score (nSPS) is 12.7. The van der Waals surface area contributed by atoms with Gasteiger partial charge >= 0.3 is 0 Å². The molecule has 0 spiro atoms. The maximum absolute atomic E-state index is 5.97. The number of thiophene rings is 1. The summed E-state index contributed by atoms with van der Waals surface area (Å²) in [5.41, 5.74) is 0.994. The van der Waals surface area contributed by atoms with Crippen LogP contribution in [0.5, 0.6) is 5.75 Å². The Morgan fingerprint density at radius 1 is 1.53 bits per heavy atom. The number of hydrogen-bond donors (Lipinski definition) is 1. The van der Waals surface area contributed by atoms with Crippen LogP contribution in [0, 0.1) is 0 Å². The van der Waals surface area contributed by atoms with Gasteiger partial charge in [-0.25, -0.2) is 0 Å². The molecule has 0 saturated carbocycles. The van der Waals surface area contributed by atoms with E-state index in [9.17, 15) is 0 Å². The second kappa shape index (κ2) is 5.08. The van der Waals surface area contributed by atoms with Gasteiger partial charge in [0.1, 0.15) is 5.69 Å². The number of ether oxygens (including phenoxy) is 1. The van der Waals surface area contributed by atoms with E-state index in [1.165, 1.54) is 0 Å². The molecule has 0 aliphatic heterocycles. The van der Waals surface area contributed by atoms with Crippen molar-refractivity contribution in [2.24, 2.45) is 7.05 Å². The summed E-state index contributed by atoms with van der Waals surface area (Å²) in [5, 5.41) is 7.47. The number of nitrogens with one attached hydrogen (secondary N) is 1. The number of aryl methyl sites for hydroxylation is 1. The monoisotopic (exact) mass is 271 g/mol. The SMILES string of the molecule is CNC(c1ccc(Cl)s1)c1c(OC)cnn1C. The maximum atomic E-state index is 5.97. The second-order valence-corrected chi connectivity index (χ2v) is 5.33. The van der Waals surface area contributed by atoms with Crippen molar-refractivity contribution in [1.29, 1.82) is 0 Å². The average molecular weight is 272 g/mol. The first-order chi connectivity index (χ1) is 8.17. The molecule has 2 rings (SSSR count). The van der Waals surface area contributed by atoms with Gasteiger partial charge in [0.05, 0.1) is 23.7 Å². The van der Waals surface area contributed by atoms with Crippen LogP contribution in [0.15, 0.2) is 18.3 Å². The maximum Gasteiger partial charge on any atom is 0.161 e. The van der Waals surface area contributed by atoms with Crippen molar-refractivity contribution in [2.45, 2.75) is 6.04 Å². The van der Waals surface area contributed by atoms with Crippen molar-refractivity contribution >= 4 is 22.9 Å². The van der Waals surface area contributed by atoms with E-state index in [1.54, 1.807) is 24.6 Å². The van der Waals surface area contributed by atoms with Crippen molar-refractivity contribution in [2.75, 3.05) is 14.2 Å². The van der Waals surface area contributed by atoms with Gasteiger partial charge < -0.3 is 10.1 Å². The fraction of sp³-hybridized carbons (Fsp3) is 0.364. The van der Waals surface area contributed by atoms with Crippen LogP contribution in [-0.2, 0) is 7.05 Å². The van der Waals surface area contributed by atoms with E-state index in [0.717, 1.165) is 20.7 Å². The first-order valence-corrected chi connectivity index (χ1v) is 6.35. The zero-order chi connectivity index (χ0) is 12.4. The molecule has 0 radical (unpaired) electrons. The highest BCUT2D eigenvalue weighted by molar-refractivity contribution is 7.16. The summed E-state index contributed by atoms with van der Waals surface area (Å²) in [6, 6.07) is 3.95. The predicted octanol–water partition coefficient (Wildman–Crippen LogP) is 2.45. The number of rotatable bonds is 4. The molecule has 2 aromatic rings. The highest BCUT2D eigenvalue weighted by Gasteiger charge is 2.22. The molecule has 0 saturated heterocycles. The number of halogens is 1. The molecule has 0 amide bonds. The van der Waals surface area contributed by atoms with Crippen molar-refractivity contribution < 1.29 is 4.74 Å². The fourth-order valence-corrected chi connectivity index (χ4v) is 2.99. The topological polar surface area (TPSA) is 39.1 Å². The molecule has 2 heterocycles. The van der Waals surface area contributed by atoms with Gasteiger partial charge in [-0.1, -0.05) is 11.6 Å². The fourth-order valence-electron chi connectivity index (χ4n) is 1.81. The number of nitrogens with zero attached hydrogens (tertiary/aromatic N) is 2. The first kappa shape index (κ1) is 12.4. The Morgan fingerprint density at radius 2 is 2.29 bits per heavy atom. The summed E-state index contributed by atoms with van der Waals surface area (Å²) in [6.45, 7) is 0. The highest BCUT2D eigenvalue weighted by Crippen LogP contribution is 2.34. The summed E-state index contributed by atoms with van der Waals surface area (Å²) in [4.78, 5) is 1.14. The summed E-state index contributed by atoms with van der Waals surface area (Å²) in [6.07, 6.45) is 1.72. The molecule has 1 N–H and O–H groups in total. The van der Waals surface area contributed by atoms with E-state index in [4.69, 9.17) is 16.3 Å². The molecule has 0 fully saturated rings. The van der Waals surface area contributed by atoms with Gasteiger partial charge in [-0.15, -0.1) is 11.3 Å². The van der Waals surface area contributed by atoms with E-state index in [0.29, 0.717) is 0 Å². The Labute approximate surface area is 109 Å². The van der Waals surface area contributed by atoms with Gasteiger partial charge in [-0.2, -0.15) is 5.10 Å². The van der Waals surface area contributed by atoms with Gasteiger partial charge in [-0.3, -0.25) is 4.68 Å².